The minimum absolute atomic E-state index is 0.0192. The third-order valence-corrected chi connectivity index (χ3v) is 14.2. The maximum atomic E-state index is 5.35. The van der Waals surface area contributed by atoms with Crippen LogP contribution in [0.4, 0.5) is 0 Å². The molecule has 3 aliphatic carbocycles. The highest BCUT2D eigenvalue weighted by molar-refractivity contribution is 7.13. The largest absolute Gasteiger partial charge is 0.443 e. The van der Waals surface area contributed by atoms with Crippen molar-refractivity contribution < 1.29 is 4.42 Å². The van der Waals surface area contributed by atoms with Crippen molar-refractivity contribution in [1.29, 1.82) is 0 Å². The Balaban J connectivity index is 0.000000112. The molecule has 12 rings (SSSR count). The van der Waals surface area contributed by atoms with E-state index >= 15 is 0 Å². The standard InChI is InChI=1S/2C18H16N2S.C17H15N3O/c1-18(13-6-3-2-4-7-13)10-9-14-15(12-18)19-20-17(14)16-8-5-11-21-16;1-18(14-5-3-2-4-6-14)9-7-15-16(11-18)19-20-17(15)13-8-10-21-12-13;1-17(12-5-3-2-4-6-12)8-7-13-14(11-17)19-20-15(13)16-18-9-10-21-16/h2-11H,12H2,1H3,(H,19,20);2-10,12H,11H2,1H3,(H,19,20);2-10H,11H2,1H3,(H,19,20). The first kappa shape index (κ1) is 40.2. The highest BCUT2D eigenvalue weighted by atomic mass is 32.1. The lowest BCUT2D eigenvalue weighted by Gasteiger charge is -2.29. The summed E-state index contributed by atoms with van der Waals surface area (Å²) in [5.41, 5.74) is 15.3. The van der Waals surface area contributed by atoms with Crippen molar-refractivity contribution >= 4 is 40.9 Å². The van der Waals surface area contributed by atoms with Gasteiger partial charge in [-0.1, -0.05) is 154 Å². The summed E-state index contributed by atoms with van der Waals surface area (Å²) < 4.78 is 5.35. The molecule has 0 fully saturated rings. The van der Waals surface area contributed by atoms with Crippen LogP contribution in [0.2, 0.25) is 0 Å². The summed E-state index contributed by atoms with van der Waals surface area (Å²) in [6.07, 6.45) is 19.5. The third-order valence-electron chi connectivity index (χ3n) is 12.6. The molecule has 3 atom stereocenters. The molecule has 0 saturated carbocycles. The second-order valence-corrected chi connectivity index (χ2v) is 18.8. The van der Waals surface area contributed by atoms with E-state index in [4.69, 9.17) is 4.42 Å². The van der Waals surface area contributed by atoms with E-state index in [1.165, 1.54) is 49.6 Å². The van der Waals surface area contributed by atoms with E-state index in [2.05, 4.69) is 212 Å². The van der Waals surface area contributed by atoms with Crippen LogP contribution in [-0.4, -0.2) is 35.6 Å². The van der Waals surface area contributed by atoms with Gasteiger partial charge in [0.1, 0.15) is 17.7 Å². The fourth-order valence-electron chi connectivity index (χ4n) is 8.96. The van der Waals surface area contributed by atoms with Gasteiger partial charge in [0.2, 0.25) is 5.89 Å². The van der Waals surface area contributed by atoms with E-state index in [1.54, 1.807) is 35.1 Å². The molecule has 0 aliphatic heterocycles. The zero-order valence-electron chi connectivity index (χ0n) is 35.4. The fraction of sp³-hybridized carbons (Fsp3) is 0.170. The van der Waals surface area contributed by atoms with Gasteiger partial charge in [0.25, 0.3) is 0 Å². The van der Waals surface area contributed by atoms with Crippen molar-refractivity contribution in [3.8, 4) is 33.4 Å². The molecule has 3 N–H and O–H groups in total. The molecule has 6 aromatic heterocycles. The van der Waals surface area contributed by atoms with E-state index in [0.29, 0.717) is 5.89 Å². The highest BCUT2D eigenvalue weighted by Crippen LogP contribution is 2.41. The number of aromatic nitrogens is 7. The van der Waals surface area contributed by atoms with Crippen LogP contribution in [0.3, 0.4) is 0 Å². The number of thiophene rings is 2. The first-order valence-corrected chi connectivity index (χ1v) is 23.0. The number of aromatic amines is 3. The van der Waals surface area contributed by atoms with Crippen LogP contribution in [0.25, 0.3) is 51.6 Å². The van der Waals surface area contributed by atoms with Crippen LogP contribution < -0.4 is 0 Å². The van der Waals surface area contributed by atoms with Gasteiger partial charge < -0.3 is 4.42 Å². The summed E-state index contributed by atoms with van der Waals surface area (Å²) in [6, 6.07) is 38.2. The van der Waals surface area contributed by atoms with Crippen LogP contribution in [0.1, 0.15) is 71.2 Å². The predicted molar refractivity (Wildman–Crippen MR) is 257 cm³/mol. The van der Waals surface area contributed by atoms with E-state index in [9.17, 15) is 0 Å². The molecule has 3 unspecified atom stereocenters. The second-order valence-electron chi connectivity index (χ2n) is 17.1. The summed E-state index contributed by atoms with van der Waals surface area (Å²) in [7, 11) is 0. The Kier molecular flexibility index (Phi) is 10.7. The molecule has 9 aromatic rings. The number of H-pyrrole nitrogens is 3. The van der Waals surface area contributed by atoms with Crippen LogP contribution in [0.5, 0.6) is 0 Å². The van der Waals surface area contributed by atoms with Crippen molar-refractivity contribution in [2.45, 2.75) is 56.3 Å². The lowest BCUT2D eigenvalue weighted by atomic mass is 9.74. The van der Waals surface area contributed by atoms with Crippen LogP contribution in [-0.2, 0) is 35.5 Å². The Labute approximate surface area is 375 Å². The molecule has 3 aromatic carbocycles. The Morgan fingerprint density at radius 1 is 0.524 bits per heavy atom. The molecular formula is C53H47N7OS2. The Morgan fingerprint density at radius 3 is 1.44 bits per heavy atom. The summed E-state index contributed by atoms with van der Waals surface area (Å²) >= 11 is 3.44. The number of nitrogens with zero attached hydrogens (tertiary/aromatic N) is 4. The number of hydrogen-bond acceptors (Lipinski definition) is 7. The molecule has 3 aliphatic rings. The monoisotopic (exact) mass is 861 g/mol. The summed E-state index contributed by atoms with van der Waals surface area (Å²) in [5, 5.41) is 29.4. The molecule has 0 saturated heterocycles. The predicted octanol–water partition coefficient (Wildman–Crippen LogP) is 12.9. The summed E-state index contributed by atoms with van der Waals surface area (Å²) in [6.45, 7) is 6.81. The molecule has 0 radical (unpaired) electrons. The topological polar surface area (TPSA) is 112 Å². The number of rotatable bonds is 6. The first-order valence-electron chi connectivity index (χ1n) is 21.2. The lowest BCUT2D eigenvalue weighted by molar-refractivity contribution is 0.571. The lowest BCUT2D eigenvalue weighted by Crippen LogP contribution is -2.25. The SMILES string of the molecule is CC1(c2ccccc2)C=Cc2c(-c3cccs3)n[nH]c2C1.CC1(c2ccccc2)C=Cc2c(-c3ccsc3)n[nH]c2C1.CC1(c2ccccc2)C=Cc2c(-c3ncco3)n[nH]c2C1. The van der Waals surface area contributed by atoms with Gasteiger partial charge in [-0.3, -0.25) is 15.3 Å². The quantitative estimate of drug-likeness (QED) is 0.154. The zero-order valence-corrected chi connectivity index (χ0v) is 37.0. The summed E-state index contributed by atoms with van der Waals surface area (Å²) in [4.78, 5) is 5.40. The van der Waals surface area contributed by atoms with Gasteiger partial charge in [-0.05, 0) is 39.6 Å². The van der Waals surface area contributed by atoms with Crippen LogP contribution in [0, 0.1) is 0 Å². The first-order chi connectivity index (χ1) is 30.8. The van der Waals surface area contributed by atoms with Gasteiger partial charge in [-0.15, -0.1) is 11.3 Å². The maximum Gasteiger partial charge on any atom is 0.247 e. The molecule has 312 valence electrons. The number of benzene rings is 3. The zero-order chi connectivity index (χ0) is 42.9. The van der Waals surface area contributed by atoms with Crippen LogP contribution >= 0.6 is 22.7 Å². The van der Waals surface area contributed by atoms with Gasteiger partial charge in [-0.2, -0.15) is 26.6 Å². The number of hydrogen-bond donors (Lipinski definition) is 3. The maximum absolute atomic E-state index is 5.35. The normalized spacial score (nSPS) is 20.4. The summed E-state index contributed by atoms with van der Waals surface area (Å²) in [5.74, 6) is 0.556. The van der Waals surface area contributed by atoms with E-state index < -0.39 is 0 Å². The number of nitrogens with one attached hydrogen (secondary N) is 3. The molecule has 6 heterocycles. The number of allylic oxidation sites excluding steroid dienone is 3. The third kappa shape index (κ3) is 7.92. The minimum Gasteiger partial charge on any atom is -0.443 e. The van der Waals surface area contributed by atoms with Crippen molar-refractivity contribution in [1.82, 2.24) is 35.6 Å². The Hall–Kier alpha value is -6.88. The van der Waals surface area contributed by atoms with Crippen molar-refractivity contribution in [2.24, 2.45) is 0 Å². The van der Waals surface area contributed by atoms with E-state index in [0.717, 1.165) is 47.6 Å². The van der Waals surface area contributed by atoms with Gasteiger partial charge in [0.05, 0.1) is 11.1 Å². The van der Waals surface area contributed by atoms with Crippen molar-refractivity contribution in [2.75, 3.05) is 0 Å². The van der Waals surface area contributed by atoms with Crippen molar-refractivity contribution in [3.05, 3.63) is 206 Å². The molecule has 0 spiro atoms. The van der Waals surface area contributed by atoms with Crippen molar-refractivity contribution in [3.63, 3.8) is 0 Å². The molecular weight excluding hydrogens is 815 g/mol. The molecule has 10 heteroatoms. The smallest absolute Gasteiger partial charge is 0.247 e. The van der Waals surface area contributed by atoms with Crippen LogP contribution in [0.15, 0.2) is 160 Å². The highest BCUT2D eigenvalue weighted by Gasteiger charge is 2.33. The average Bonchev–Trinajstić information content (AvgIpc) is 4.18. The minimum atomic E-state index is -0.0192. The Bertz CT molecular complexity index is 2690. The number of oxazole rings is 1. The van der Waals surface area contributed by atoms with Gasteiger partial charge in [0, 0.05) is 80.2 Å². The Morgan fingerprint density at radius 2 is 1.00 bits per heavy atom. The fourth-order valence-corrected chi connectivity index (χ4v) is 10.3. The van der Waals surface area contributed by atoms with Gasteiger partial charge in [0.15, 0.2) is 5.69 Å². The molecule has 0 amide bonds. The van der Waals surface area contributed by atoms with E-state index in [1.807, 2.05) is 6.07 Å². The average molecular weight is 862 g/mol. The van der Waals surface area contributed by atoms with Gasteiger partial charge in [-0.25, -0.2) is 4.98 Å². The second kappa shape index (κ2) is 16.8. The number of fused-ring (bicyclic) bond motifs is 3. The molecule has 0 bridgehead atoms. The van der Waals surface area contributed by atoms with Gasteiger partial charge >= 0.3 is 0 Å². The van der Waals surface area contributed by atoms with E-state index in [-0.39, 0.29) is 16.2 Å². The molecule has 63 heavy (non-hydrogen) atoms. The molecule has 8 nitrogen and oxygen atoms in total.